The van der Waals surface area contributed by atoms with Gasteiger partial charge in [-0.2, -0.15) is 4.31 Å². The smallest absolute Gasteiger partial charge is 0.243 e. The van der Waals surface area contributed by atoms with Crippen molar-refractivity contribution in [2.75, 3.05) is 31.1 Å². The molecule has 25 heavy (non-hydrogen) atoms. The van der Waals surface area contributed by atoms with E-state index in [1.165, 1.54) is 4.31 Å². The summed E-state index contributed by atoms with van der Waals surface area (Å²) in [7, 11) is -3.48. The molecule has 134 valence electrons. The predicted molar refractivity (Wildman–Crippen MR) is 103 cm³/mol. The second kappa shape index (κ2) is 7.16. The molecular formula is C18H20Cl2N2O2S. The molecule has 1 saturated heterocycles. The Labute approximate surface area is 159 Å². The van der Waals surface area contributed by atoms with E-state index in [1.807, 2.05) is 26.0 Å². The molecule has 4 nitrogen and oxygen atoms in total. The van der Waals surface area contributed by atoms with Crippen molar-refractivity contribution in [3.05, 3.63) is 57.6 Å². The number of nitrogens with zero attached hydrogens (tertiary/aromatic N) is 2. The van der Waals surface area contributed by atoms with Crippen molar-refractivity contribution in [1.29, 1.82) is 0 Å². The maximum atomic E-state index is 12.9. The monoisotopic (exact) mass is 398 g/mol. The molecule has 7 heteroatoms. The molecule has 1 aliphatic heterocycles. The zero-order valence-electron chi connectivity index (χ0n) is 14.2. The Morgan fingerprint density at radius 3 is 2.20 bits per heavy atom. The SMILES string of the molecule is Cc1ccc(S(=O)(=O)N2CCN(c3cc(Cl)ccc3Cl)CC2)cc1C. The van der Waals surface area contributed by atoms with Crippen LogP contribution in [0.25, 0.3) is 0 Å². The Morgan fingerprint density at radius 1 is 0.880 bits per heavy atom. The molecule has 0 atom stereocenters. The summed E-state index contributed by atoms with van der Waals surface area (Å²) in [6.07, 6.45) is 0. The van der Waals surface area contributed by atoms with Crippen molar-refractivity contribution < 1.29 is 8.42 Å². The minimum atomic E-state index is -3.48. The van der Waals surface area contributed by atoms with Crippen LogP contribution in [0.1, 0.15) is 11.1 Å². The molecule has 0 bridgehead atoms. The highest BCUT2D eigenvalue weighted by Crippen LogP contribution is 2.30. The summed E-state index contributed by atoms with van der Waals surface area (Å²) < 4.78 is 27.3. The van der Waals surface area contributed by atoms with E-state index in [4.69, 9.17) is 23.2 Å². The first-order valence-corrected chi connectivity index (χ1v) is 10.3. The Bertz CT molecular complexity index is 892. The lowest BCUT2D eigenvalue weighted by Crippen LogP contribution is -2.48. The summed E-state index contributed by atoms with van der Waals surface area (Å²) in [4.78, 5) is 2.42. The molecule has 0 N–H and O–H groups in total. The van der Waals surface area contributed by atoms with E-state index >= 15 is 0 Å². The fourth-order valence-corrected chi connectivity index (χ4v) is 4.83. The van der Waals surface area contributed by atoms with Crippen molar-refractivity contribution in [3.63, 3.8) is 0 Å². The number of aryl methyl sites for hydroxylation is 2. The number of piperazine rings is 1. The summed E-state index contributed by atoms with van der Waals surface area (Å²) in [6, 6.07) is 10.6. The third-order valence-corrected chi connectivity index (χ3v) is 7.05. The second-order valence-electron chi connectivity index (χ2n) is 6.23. The van der Waals surface area contributed by atoms with Gasteiger partial charge in [-0.25, -0.2) is 8.42 Å². The van der Waals surface area contributed by atoms with Gasteiger partial charge in [-0.15, -0.1) is 0 Å². The minimum absolute atomic E-state index is 0.352. The average Bonchev–Trinajstić information content (AvgIpc) is 2.59. The maximum Gasteiger partial charge on any atom is 0.243 e. The van der Waals surface area contributed by atoms with Crippen molar-refractivity contribution in [1.82, 2.24) is 4.31 Å². The highest BCUT2D eigenvalue weighted by Gasteiger charge is 2.29. The van der Waals surface area contributed by atoms with E-state index in [1.54, 1.807) is 24.3 Å². The van der Waals surface area contributed by atoms with Crippen LogP contribution in [-0.4, -0.2) is 38.9 Å². The summed E-state index contributed by atoms with van der Waals surface area (Å²) in [6.45, 7) is 5.87. The molecule has 1 heterocycles. The van der Waals surface area contributed by atoms with Crippen LogP contribution in [0.5, 0.6) is 0 Å². The van der Waals surface area contributed by atoms with Crippen LogP contribution in [0.2, 0.25) is 10.0 Å². The Hall–Kier alpha value is -1.27. The van der Waals surface area contributed by atoms with Crippen LogP contribution in [-0.2, 0) is 10.0 Å². The van der Waals surface area contributed by atoms with Gasteiger partial charge in [0, 0.05) is 31.2 Å². The van der Waals surface area contributed by atoms with E-state index in [0.717, 1.165) is 16.8 Å². The molecule has 1 aliphatic rings. The Balaban J connectivity index is 1.77. The summed E-state index contributed by atoms with van der Waals surface area (Å²) >= 11 is 12.3. The quantitative estimate of drug-likeness (QED) is 0.780. The molecule has 2 aromatic rings. The average molecular weight is 399 g/mol. The van der Waals surface area contributed by atoms with Crippen molar-refractivity contribution in [3.8, 4) is 0 Å². The molecule has 0 amide bonds. The number of sulfonamides is 1. The van der Waals surface area contributed by atoms with Crippen LogP contribution in [0.15, 0.2) is 41.3 Å². The van der Waals surface area contributed by atoms with Gasteiger partial charge in [-0.3, -0.25) is 0 Å². The molecule has 0 saturated carbocycles. The van der Waals surface area contributed by atoms with Crippen LogP contribution in [0.4, 0.5) is 5.69 Å². The molecule has 0 spiro atoms. The minimum Gasteiger partial charge on any atom is -0.368 e. The van der Waals surface area contributed by atoms with Crippen LogP contribution in [0, 0.1) is 13.8 Å². The molecule has 3 rings (SSSR count). The highest BCUT2D eigenvalue weighted by atomic mass is 35.5. The van der Waals surface area contributed by atoms with E-state index in [9.17, 15) is 8.42 Å². The lowest BCUT2D eigenvalue weighted by Gasteiger charge is -2.35. The summed E-state index contributed by atoms with van der Waals surface area (Å²) in [5.74, 6) is 0. The zero-order valence-corrected chi connectivity index (χ0v) is 16.5. The largest absolute Gasteiger partial charge is 0.368 e. The molecular weight excluding hydrogens is 379 g/mol. The normalized spacial score (nSPS) is 16.2. The van der Waals surface area contributed by atoms with E-state index in [-0.39, 0.29) is 0 Å². The van der Waals surface area contributed by atoms with Crippen molar-refractivity contribution in [2.24, 2.45) is 0 Å². The number of rotatable bonds is 3. The van der Waals surface area contributed by atoms with Crippen LogP contribution >= 0.6 is 23.2 Å². The number of halogens is 2. The fraction of sp³-hybridized carbons (Fsp3) is 0.333. The third kappa shape index (κ3) is 3.80. The standard InChI is InChI=1S/C18H20Cl2N2O2S/c1-13-3-5-16(11-14(13)2)25(23,24)22-9-7-21(8-10-22)18-12-15(19)4-6-17(18)20/h3-6,11-12H,7-10H2,1-2H3. The maximum absolute atomic E-state index is 12.9. The lowest BCUT2D eigenvalue weighted by molar-refractivity contribution is 0.385. The van der Waals surface area contributed by atoms with E-state index in [2.05, 4.69) is 4.90 Å². The molecule has 0 aromatic heterocycles. The third-order valence-electron chi connectivity index (χ3n) is 4.60. The van der Waals surface area contributed by atoms with Gasteiger partial charge in [-0.05, 0) is 55.3 Å². The first-order valence-electron chi connectivity index (χ1n) is 8.06. The summed E-state index contributed by atoms with van der Waals surface area (Å²) in [5.41, 5.74) is 2.90. The summed E-state index contributed by atoms with van der Waals surface area (Å²) in [5, 5.41) is 1.24. The second-order valence-corrected chi connectivity index (χ2v) is 9.01. The van der Waals surface area contributed by atoms with Crippen LogP contribution < -0.4 is 4.90 Å². The van der Waals surface area contributed by atoms with Gasteiger partial charge in [0.25, 0.3) is 0 Å². The Morgan fingerprint density at radius 2 is 1.56 bits per heavy atom. The zero-order chi connectivity index (χ0) is 18.2. The van der Waals surface area contributed by atoms with Gasteiger partial charge in [-0.1, -0.05) is 29.3 Å². The fourth-order valence-electron chi connectivity index (χ4n) is 2.92. The number of hydrogen-bond acceptors (Lipinski definition) is 3. The van der Waals surface area contributed by atoms with Crippen molar-refractivity contribution in [2.45, 2.75) is 18.7 Å². The molecule has 2 aromatic carbocycles. The van der Waals surface area contributed by atoms with Gasteiger partial charge in [0.2, 0.25) is 10.0 Å². The van der Waals surface area contributed by atoms with Gasteiger partial charge in [0.05, 0.1) is 15.6 Å². The van der Waals surface area contributed by atoms with Gasteiger partial charge >= 0.3 is 0 Å². The molecule has 0 radical (unpaired) electrons. The highest BCUT2D eigenvalue weighted by molar-refractivity contribution is 7.89. The number of anilines is 1. The van der Waals surface area contributed by atoms with E-state index < -0.39 is 10.0 Å². The Kier molecular flexibility index (Phi) is 5.30. The lowest BCUT2D eigenvalue weighted by atomic mass is 10.1. The molecule has 0 aliphatic carbocycles. The number of hydrogen-bond donors (Lipinski definition) is 0. The number of benzene rings is 2. The van der Waals surface area contributed by atoms with Crippen molar-refractivity contribution >= 4 is 38.9 Å². The first-order chi connectivity index (χ1) is 11.8. The predicted octanol–water partition coefficient (Wildman–Crippen LogP) is 4.12. The topological polar surface area (TPSA) is 40.6 Å². The molecule has 0 unspecified atom stereocenters. The molecule has 1 fully saturated rings. The van der Waals surface area contributed by atoms with Gasteiger partial charge < -0.3 is 4.90 Å². The van der Waals surface area contributed by atoms with Gasteiger partial charge in [0.1, 0.15) is 0 Å². The first kappa shape index (κ1) is 18.5. The van der Waals surface area contributed by atoms with Crippen LogP contribution in [0.3, 0.4) is 0 Å². The van der Waals surface area contributed by atoms with E-state index in [0.29, 0.717) is 41.1 Å². The van der Waals surface area contributed by atoms with Gasteiger partial charge in [0.15, 0.2) is 0 Å².